The minimum Gasteiger partial charge on any atom is -0.366 e. The molecule has 82 valence electrons. The molecule has 1 fully saturated rings. The maximum absolute atomic E-state index is 2.51. The normalized spacial score (nSPS) is 21.1. The van der Waals surface area contributed by atoms with Gasteiger partial charge in [-0.15, -0.1) is 0 Å². The Bertz CT molecular complexity index is 306. The standard InChI is InChI=1S/C13H21N2/c1-15(2)11-6-9-14(10-12-15)13-7-4-3-5-8-13/h3-5,7-8H,6,9-12H2,1-2H3/q+1. The second kappa shape index (κ2) is 4.23. The van der Waals surface area contributed by atoms with Gasteiger partial charge in [0.15, 0.2) is 0 Å². The highest BCUT2D eigenvalue weighted by atomic mass is 15.3. The molecule has 1 aromatic carbocycles. The van der Waals surface area contributed by atoms with Crippen molar-refractivity contribution in [1.29, 1.82) is 0 Å². The third-order valence-corrected chi connectivity index (χ3v) is 3.29. The van der Waals surface area contributed by atoms with Gasteiger partial charge in [0.25, 0.3) is 0 Å². The van der Waals surface area contributed by atoms with Crippen LogP contribution in [0.3, 0.4) is 0 Å². The molecule has 0 saturated carbocycles. The van der Waals surface area contributed by atoms with Gasteiger partial charge in [-0.2, -0.15) is 0 Å². The van der Waals surface area contributed by atoms with E-state index >= 15 is 0 Å². The first-order chi connectivity index (χ1) is 7.17. The van der Waals surface area contributed by atoms with Crippen molar-refractivity contribution in [2.24, 2.45) is 0 Å². The molecular weight excluding hydrogens is 184 g/mol. The summed E-state index contributed by atoms with van der Waals surface area (Å²) in [7, 11) is 4.66. The molecule has 0 bridgehead atoms. The Morgan fingerprint density at radius 2 is 1.73 bits per heavy atom. The van der Waals surface area contributed by atoms with E-state index in [2.05, 4.69) is 49.3 Å². The van der Waals surface area contributed by atoms with Crippen molar-refractivity contribution >= 4 is 5.69 Å². The molecule has 1 heterocycles. The summed E-state index contributed by atoms with van der Waals surface area (Å²) in [4.78, 5) is 2.51. The zero-order chi connectivity index (χ0) is 10.7. The summed E-state index contributed by atoms with van der Waals surface area (Å²) < 4.78 is 1.16. The van der Waals surface area contributed by atoms with Crippen LogP contribution in [0.5, 0.6) is 0 Å². The van der Waals surface area contributed by atoms with Crippen LogP contribution >= 0.6 is 0 Å². The number of hydrogen-bond acceptors (Lipinski definition) is 1. The Labute approximate surface area is 92.7 Å². The smallest absolute Gasteiger partial charge is 0.0960 e. The van der Waals surface area contributed by atoms with Gasteiger partial charge in [0, 0.05) is 18.7 Å². The van der Waals surface area contributed by atoms with E-state index in [4.69, 9.17) is 0 Å². The van der Waals surface area contributed by atoms with E-state index < -0.39 is 0 Å². The first-order valence-electron chi connectivity index (χ1n) is 5.79. The van der Waals surface area contributed by atoms with Gasteiger partial charge in [0.2, 0.25) is 0 Å². The Balaban J connectivity index is 2.06. The first-order valence-corrected chi connectivity index (χ1v) is 5.79. The largest absolute Gasteiger partial charge is 0.366 e. The maximum Gasteiger partial charge on any atom is 0.0960 e. The van der Waals surface area contributed by atoms with Crippen molar-refractivity contribution in [2.45, 2.75) is 6.42 Å². The lowest BCUT2D eigenvalue weighted by Gasteiger charge is -2.28. The fraction of sp³-hybridized carbons (Fsp3) is 0.538. The molecule has 1 aromatic rings. The van der Waals surface area contributed by atoms with Crippen LogP contribution in [0.15, 0.2) is 30.3 Å². The molecule has 0 aromatic heterocycles. The maximum atomic E-state index is 2.51. The summed E-state index contributed by atoms with van der Waals surface area (Å²) in [6.07, 6.45) is 1.29. The van der Waals surface area contributed by atoms with Crippen LogP contribution in [0.2, 0.25) is 0 Å². The van der Waals surface area contributed by atoms with E-state index in [1.165, 1.54) is 38.3 Å². The molecule has 1 aliphatic rings. The quantitative estimate of drug-likeness (QED) is 0.634. The van der Waals surface area contributed by atoms with Gasteiger partial charge < -0.3 is 9.38 Å². The third kappa shape index (κ3) is 2.72. The zero-order valence-electron chi connectivity index (χ0n) is 9.82. The molecule has 2 nitrogen and oxygen atoms in total. The SMILES string of the molecule is C[N+]1(C)CCCN(c2ccccc2)CC1. The monoisotopic (exact) mass is 205 g/mol. The number of para-hydroxylation sites is 1. The molecule has 2 rings (SSSR count). The van der Waals surface area contributed by atoms with Crippen LogP contribution in [0.4, 0.5) is 5.69 Å². The Morgan fingerprint density at radius 3 is 2.47 bits per heavy atom. The molecule has 0 amide bonds. The van der Waals surface area contributed by atoms with Crippen LogP contribution in [0, 0.1) is 0 Å². The van der Waals surface area contributed by atoms with Gasteiger partial charge in [-0.1, -0.05) is 18.2 Å². The summed E-state index contributed by atoms with van der Waals surface area (Å²) in [5.41, 5.74) is 1.37. The lowest BCUT2D eigenvalue weighted by Crippen LogP contribution is -2.42. The van der Waals surface area contributed by atoms with Crippen molar-refractivity contribution in [3.05, 3.63) is 30.3 Å². The number of quaternary nitrogens is 1. The van der Waals surface area contributed by atoms with Crippen molar-refractivity contribution in [2.75, 3.05) is 45.2 Å². The summed E-state index contributed by atoms with van der Waals surface area (Å²) in [6.45, 7) is 4.92. The number of likely N-dealkylation sites (N-methyl/N-ethyl adjacent to an activating group) is 1. The zero-order valence-corrected chi connectivity index (χ0v) is 9.82. The minimum absolute atomic E-state index is 1.16. The lowest BCUT2D eigenvalue weighted by atomic mass is 10.3. The van der Waals surface area contributed by atoms with E-state index in [9.17, 15) is 0 Å². The van der Waals surface area contributed by atoms with Crippen molar-refractivity contribution in [3.63, 3.8) is 0 Å². The Kier molecular flexibility index (Phi) is 2.96. The first kappa shape index (κ1) is 10.5. The lowest BCUT2D eigenvalue weighted by molar-refractivity contribution is -0.887. The molecule has 15 heavy (non-hydrogen) atoms. The predicted molar refractivity (Wildman–Crippen MR) is 65.1 cm³/mol. The fourth-order valence-corrected chi connectivity index (χ4v) is 2.20. The van der Waals surface area contributed by atoms with Crippen molar-refractivity contribution < 1.29 is 4.48 Å². The van der Waals surface area contributed by atoms with E-state index in [0.29, 0.717) is 0 Å². The molecule has 0 radical (unpaired) electrons. The van der Waals surface area contributed by atoms with Crippen LogP contribution in [-0.4, -0.2) is 44.8 Å². The minimum atomic E-state index is 1.16. The van der Waals surface area contributed by atoms with Crippen molar-refractivity contribution in [3.8, 4) is 0 Å². The Morgan fingerprint density at radius 1 is 1.00 bits per heavy atom. The van der Waals surface area contributed by atoms with Crippen LogP contribution in [-0.2, 0) is 0 Å². The van der Waals surface area contributed by atoms with E-state index in [0.717, 1.165) is 4.48 Å². The van der Waals surface area contributed by atoms with E-state index in [-0.39, 0.29) is 0 Å². The average Bonchev–Trinajstić information content (AvgIpc) is 2.41. The number of anilines is 1. The summed E-state index contributed by atoms with van der Waals surface area (Å²) >= 11 is 0. The second-order valence-electron chi connectivity index (χ2n) is 5.06. The number of nitrogens with zero attached hydrogens (tertiary/aromatic N) is 2. The molecule has 0 spiro atoms. The highest BCUT2D eigenvalue weighted by Crippen LogP contribution is 2.16. The van der Waals surface area contributed by atoms with Gasteiger partial charge in [-0.05, 0) is 12.1 Å². The van der Waals surface area contributed by atoms with Crippen molar-refractivity contribution in [1.82, 2.24) is 0 Å². The number of rotatable bonds is 1. The second-order valence-corrected chi connectivity index (χ2v) is 5.06. The molecule has 0 unspecified atom stereocenters. The molecular formula is C13H21N2+. The number of hydrogen-bond donors (Lipinski definition) is 0. The molecule has 1 saturated heterocycles. The molecule has 0 N–H and O–H groups in total. The topological polar surface area (TPSA) is 3.24 Å². The highest BCUT2D eigenvalue weighted by Gasteiger charge is 2.21. The molecule has 0 aliphatic carbocycles. The van der Waals surface area contributed by atoms with Crippen LogP contribution in [0.25, 0.3) is 0 Å². The highest BCUT2D eigenvalue weighted by molar-refractivity contribution is 5.45. The van der Waals surface area contributed by atoms with Gasteiger partial charge in [0.1, 0.15) is 0 Å². The fourth-order valence-electron chi connectivity index (χ4n) is 2.20. The Hall–Kier alpha value is -1.02. The summed E-state index contributed by atoms with van der Waals surface area (Å²) in [6, 6.07) is 10.8. The van der Waals surface area contributed by atoms with Gasteiger partial charge in [0.05, 0.1) is 33.7 Å². The van der Waals surface area contributed by atoms with Crippen LogP contribution in [0.1, 0.15) is 6.42 Å². The molecule has 0 atom stereocenters. The molecule has 1 aliphatic heterocycles. The van der Waals surface area contributed by atoms with E-state index in [1.807, 2.05) is 0 Å². The van der Waals surface area contributed by atoms with Gasteiger partial charge in [-0.3, -0.25) is 0 Å². The molecule has 2 heteroatoms. The van der Waals surface area contributed by atoms with Gasteiger partial charge >= 0.3 is 0 Å². The average molecular weight is 205 g/mol. The van der Waals surface area contributed by atoms with Gasteiger partial charge in [-0.25, -0.2) is 0 Å². The predicted octanol–water partition coefficient (Wildman–Crippen LogP) is 1.97. The number of benzene rings is 1. The van der Waals surface area contributed by atoms with Crippen LogP contribution < -0.4 is 4.90 Å². The summed E-state index contributed by atoms with van der Waals surface area (Å²) in [5.74, 6) is 0. The summed E-state index contributed by atoms with van der Waals surface area (Å²) in [5, 5.41) is 0. The van der Waals surface area contributed by atoms with E-state index in [1.54, 1.807) is 0 Å². The third-order valence-electron chi connectivity index (χ3n) is 3.29.